The van der Waals surface area contributed by atoms with Gasteiger partial charge in [-0.2, -0.15) is 0 Å². The number of nitrogens with zero attached hydrogens (tertiary/aromatic N) is 4. The molecule has 2 aromatic heterocycles. The van der Waals surface area contributed by atoms with Crippen molar-refractivity contribution >= 4 is 5.91 Å². The number of aliphatic hydroxyl groups excluding tert-OH is 1. The van der Waals surface area contributed by atoms with Gasteiger partial charge in [0.2, 0.25) is 5.76 Å². The van der Waals surface area contributed by atoms with Crippen molar-refractivity contribution in [2.75, 3.05) is 0 Å². The molecule has 1 saturated carbocycles. The number of rotatable bonds is 5. The van der Waals surface area contributed by atoms with Crippen LogP contribution in [0.3, 0.4) is 0 Å². The molecular weight excluding hydrogens is 394 g/mol. The lowest BCUT2D eigenvalue weighted by Gasteiger charge is -2.35. The number of hydrogen-bond donors (Lipinski definition) is 2. The molecule has 1 atom stereocenters. The number of carbonyl (C=O) groups excluding carboxylic acids is 1. The van der Waals surface area contributed by atoms with Crippen LogP contribution in [0.15, 0.2) is 59.8 Å². The van der Waals surface area contributed by atoms with Crippen molar-refractivity contribution in [3.63, 3.8) is 0 Å². The van der Waals surface area contributed by atoms with E-state index in [-0.39, 0.29) is 23.8 Å². The standard InChI is InChI=1S/C18H19N5O3.C3H6.C2H6/c1-11(24)16-10-23(22-20-16)14-7-13(8-14)19-18(25)17-9-15(21-26-17)12-5-3-2-4-6-12;1-3-2;1-2/h2-6,9-11,13-14,24H,7-8H2,1H3,(H,19,25);3H,1H2,2H3;1-2H3. The van der Waals surface area contributed by atoms with Gasteiger partial charge in [0.25, 0.3) is 5.91 Å². The van der Waals surface area contributed by atoms with Crippen LogP contribution in [-0.4, -0.2) is 37.2 Å². The lowest BCUT2D eigenvalue weighted by molar-refractivity contribution is 0.0850. The van der Waals surface area contributed by atoms with Crippen LogP contribution in [0, 0.1) is 0 Å². The summed E-state index contributed by atoms with van der Waals surface area (Å²) in [6.07, 6.45) is 4.38. The SMILES string of the molecule is C=CC.CC.CC(O)c1cn(C2CC(NC(=O)c3cc(-c4ccccc4)no3)C2)nn1. The molecule has 1 aliphatic carbocycles. The molecule has 2 N–H and O–H groups in total. The van der Waals surface area contributed by atoms with Crippen LogP contribution >= 0.6 is 0 Å². The first-order chi connectivity index (χ1) is 15.0. The summed E-state index contributed by atoms with van der Waals surface area (Å²) in [5, 5.41) is 24.4. The maximum Gasteiger partial charge on any atom is 0.290 e. The predicted molar refractivity (Wildman–Crippen MR) is 119 cm³/mol. The molecule has 8 nitrogen and oxygen atoms in total. The Morgan fingerprint density at radius 3 is 2.55 bits per heavy atom. The maximum atomic E-state index is 12.3. The summed E-state index contributed by atoms with van der Waals surface area (Å²) in [7, 11) is 0. The molecule has 4 rings (SSSR count). The molecule has 0 spiro atoms. The number of aliphatic hydroxyl groups is 1. The third kappa shape index (κ3) is 6.36. The minimum Gasteiger partial charge on any atom is -0.387 e. The fraction of sp³-hybridized carbons (Fsp3) is 0.391. The van der Waals surface area contributed by atoms with Crippen molar-refractivity contribution in [2.24, 2.45) is 0 Å². The molecule has 1 unspecified atom stereocenters. The first kappa shape index (κ1) is 24.0. The predicted octanol–water partition coefficient (Wildman–Crippen LogP) is 4.34. The van der Waals surface area contributed by atoms with Crippen molar-refractivity contribution in [1.82, 2.24) is 25.5 Å². The molecule has 1 aromatic carbocycles. The number of hydrogen-bond acceptors (Lipinski definition) is 6. The van der Waals surface area contributed by atoms with Crippen LogP contribution in [0.2, 0.25) is 0 Å². The minimum absolute atomic E-state index is 0.0528. The average Bonchev–Trinajstić information content (AvgIpc) is 3.43. The van der Waals surface area contributed by atoms with Gasteiger partial charge in [-0.25, -0.2) is 4.68 Å². The molecule has 0 saturated heterocycles. The molecule has 2 heterocycles. The molecule has 31 heavy (non-hydrogen) atoms. The Bertz CT molecular complexity index is 943. The molecular formula is C23H31N5O3. The fourth-order valence-electron chi connectivity index (χ4n) is 2.97. The smallest absolute Gasteiger partial charge is 0.290 e. The zero-order valence-electron chi connectivity index (χ0n) is 18.5. The second-order valence-electron chi connectivity index (χ2n) is 6.95. The first-order valence-electron chi connectivity index (χ1n) is 10.5. The second kappa shape index (κ2) is 11.8. The highest BCUT2D eigenvalue weighted by atomic mass is 16.5. The zero-order valence-corrected chi connectivity index (χ0v) is 18.5. The van der Waals surface area contributed by atoms with E-state index < -0.39 is 6.10 Å². The van der Waals surface area contributed by atoms with Gasteiger partial charge in [-0.1, -0.05) is 60.6 Å². The van der Waals surface area contributed by atoms with Crippen LogP contribution in [0.5, 0.6) is 0 Å². The number of benzene rings is 1. The van der Waals surface area contributed by atoms with E-state index in [2.05, 4.69) is 27.4 Å². The van der Waals surface area contributed by atoms with E-state index in [0.29, 0.717) is 11.4 Å². The van der Waals surface area contributed by atoms with Crippen LogP contribution in [-0.2, 0) is 0 Å². The van der Waals surface area contributed by atoms with Gasteiger partial charge in [0.15, 0.2) is 0 Å². The van der Waals surface area contributed by atoms with Crippen LogP contribution in [0.4, 0.5) is 0 Å². The number of allylic oxidation sites excluding steroid dienone is 1. The van der Waals surface area contributed by atoms with Crippen LogP contribution < -0.4 is 5.32 Å². The molecule has 8 heteroatoms. The van der Waals surface area contributed by atoms with Crippen molar-refractivity contribution in [3.8, 4) is 11.3 Å². The topological polar surface area (TPSA) is 106 Å². The third-order valence-corrected chi connectivity index (χ3v) is 4.58. The molecule has 3 aromatic rings. The van der Waals surface area contributed by atoms with Crippen molar-refractivity contribution in [2.45, 2.75) is 58.7 Å². The Morgan fingerprint density at radius 2 is 1.97 bits per heavy atom. The van der Waals surface area contributed by atoms with E-state index in [0.717, 1.165) is 18.4 Å². The largest absolute Gasteiger partial charge is 0.387 e. The summed E-state index contributed by atoms with van der Waals surface area (Å²) in [5.74, 6) is -0.0733. The first-order valence-corrected chi connectivity index (χ1v) is 10.5. The summed E-state index contributed by atoms with van der Waals surface area (Å²) in [5.41, 5.74) is 2.09. The highest BCUT2D eigenvalue weighted by molar-refractivity contribution is 5.92. The van der Waals surface area contributed by atoms with Gasteiger partial charge in [-0.05, 0) is 26.7 Å². The summed E-state index contributed by atoms with van der Waals surface area (Å²) in [6.45, 7) is 10.9. The number of amides is 1. The van der Waals surface area contributed by atoms with E-state index in [4.69, 9.17) is 4.52 Å². The van der Waals surface area contributed by atoms with E-state index >= 15 is 0 Å². The molecule has 0 aliphatic heterocycles. The minimum atomic E-state index is -0.635. The zero-order chi connectivity index (χ0) is 22.8. The maximum absolute atomic E-state index is 12.3. The molecule has 1 fully saturated rings. The highest BCUT2D eigenvalue weighted by Crippen LogP contribution is 2.32. The highest BCUT2D eigenvalue weighted by Gasteiger charge is 2.33. The molecule has 0 bridgehead atoms. The molecule has 1 aliphatic rings. The summed E-state index contributed by atoms with van der Waals surface area (Å²) in [6, 6.07) is 11.4. The fourth-order valence-corrected chi connectivity index (χ4v) is 2.97. The number of nitrogens with one attached hydrogen (secondary N) is 1. The van der Waals surface area contributed by atoms with Crippen molar-refractivity contribution in [1.29, 1.82) is 0 Å². The van der Waals surface area contributed by atoms with Gasteiger partial charge in [0, 0.05) is 17.7 Å². The molecule has 1 amide bonds. The third-order valence-electron chi connectivity index (χ3n) is 4.58. The summed E-state index contributed by atoms with van der Waals surface area (Å²) < 4.78 is 6.92. The van der Waals surface area contributed by atoms with Crippen LogP contribution in [0.25, 0.3) is 11.3 Å². The van der Waals surface area contributed by atoms with Crippen LogP contribution in [0.1, 0.15) is 68.9 Å². The Labute approximate surface area is 183 Å². The Balaban J connectivity index is 0.000000630. The summed E-state index contributed by atoms with van der Waals surface area (Å²) in [4.78, 5) is 12.3. The lowest BCUT2D eigenvalue weighted by atomic mass is 9.87. The Kier molecular flexibility index (Phi) is 9.14. The van der Waals surface area contributed by atoms with Gasteiger partial charge in [0.1, 0.15) is 11.4 Å². The van der Waals surface area contributed by atoms with Gasteiger partial charge >= 0.3 is 0 Å². The lowest BCUT2D eigenvalue weighted by Crippen LogP contribution is -2.45. The van der Waals surface area contributed by atoms with E-state index in [1.165, 1.54) is 0 Å². The summed E-state index contributed by atoms with van der Waals surface area (Å²) >= 11 is 0. The quantitative estimate of drug-likeness (QED) is 0.589. The van der Waals surface area contributed by atoms with Crippen molar-refractivity contribution < 1.29 is 14.4 Å². The van der Waals surface area contributed by atoms with Crippen molar-refractivity contribution in [3.05, 3.63) is 66.7 Å². The van der Waals surface area contributed by atoms with E-state index in [1.54, 1.807) is 29.9 Å². The van der Waals surface area contributed by atoms with Gasteiger partial charge in [0.05, 0.1) is 18.3 Å². The molecule has 0 radical (unpaired) electrons. The van der Waals surface area contributed by atoms with Gasteiger partial charge in [-0.15, -0.1) is 11.7 Å². The number of aromatic nitrogens is 4. The number of carbonyl (C=O) groups is 1. The normalized spacial score (nSPS) is 17.7. The monoisotopic (exact) mass is 425 g/mol. The van der Waals surface area contributed by atoms with Gasteiger partial charge in [-0.3, -0.25) is 4.79 Å². The van der Waals surface area contributed by atoms with E-state index in [1.807, 2.05) is 51.1 Å². The van der Waals surface area contributed by atoms with Gasteiger partial charge < -0.3 is 14.9 Å². The Morgan fingerprint density at radius 1 is 1.32 bits per heavy atom. The Hall–Kier alpha value is -3.26. The van der Waals surface area contributed by atoms with E-state index in [9.17, 15) is 9.90 Å². The second-order valence-corrected chi connectivity index (χ2v) is 6.95. The molecule has 166 valence electrons. The average molecular weight is 426 g/mol.